The molecule has 0 saturated carbocycles. The van der Waals surface area contributed by atoms with Gasteiger partial charge in [0.15, 0.2) is 0 Å². The zero-order valence-electron chi connectivity index (χ0n) is 16.1. The van der Waals surface area contributed by atoms with E-state index in [1.807, 2.05) is 18.2 Å². The number of sulfonamides is 1. The van der Waals surface area contributed by atoms with Crippen molar-refractivity contribution in [2.24, 2.45) is 0 Å². The van der Waals surface area contributed by atoms with E-state index in [9.17, 15) is 8.42 Å². The maximum absolute atomic E-state index is 12.7. The van der Waals surface area contributed by atoms with Crippen molar-refractivity contribution in [3.05, 3.63) is 59.7 Å². The van der Waals surface area contributed by atoms with Crippen molar-refractivity contribution in [2.45, 2.75) is 29.7 Å². The van der Waals surface area contributed by atoms with Crippen LogP contribution < -0.4 is 0 Å². The van der Waals surface area contributed by atoms with E-state index in [-0.39, 0.29) is 10.8 Å². The Hall–Kier alpha value is -2.67. The molecule has 1 aromatic heterocycles. The second kappa shape index (κ2) is 9.22. The van der Waals surface area contributed by atoms with Gasteiger partial charge in [0.05, 0.1) is 16.5 Å². The second-order valence-electron chi connectivity index (χ2n) is 6.09. The summed E-state index contributed by atoms with van der Waals surface area (Å²) in [5, 5.41) is 17.4. The molecule has 150 valence electrons. The molecule has 1 heterocycles. The molecule has 29 heavy (non-hydrogen) atoms. The van der Waals surface area contributed by atoms with Crippen LogP contribution in [0.15, 0.2) is 63.1 Å². The van der Waals surface area contributed by atoms with Gasteiger partial charge in [0.2, 0.25) is 15.9 Å². The van der Waals surface area contributed by atoms with Crippen molar-refractivity contribution in [3.8, 4) is 17.5 Å². The Morgan fingerprint density at radius 1 is 1.10 bits per heavy atom. The Balaban J connectivity index is 1.77. The predicted octanol–water partition coefficient (Wildman–Crippen LogP) is 3.93. The quantitative estimate of drug-likeness (QED) is 0.501. The molecule has 0 N–H and O–H groups in total. The molecular weight excluding hydrogens is 408 g/mol. The van der Waals surface area contributed by atoms with E-state index in [0.717, 1.165) is 5.56 Å². The Labute approximate surface area is 174 Å². The van der Waals surface area contributed by atoms with Gasteiger partial charge in [0, 0.05) is 24.4 Å². The average molecular weight is 429 g/mol. The SMILES string of the molecule is CCN(CC)S(=O)(=O)c1cccc(-c2nnc(SCc3cccc(C#N)c3)o2)c1. The van der Waals surface area contributed by atoms with Crippen LogP contribution in [0.3, 0.4) is 0 Å². The van der Waals surface area contributed by atoms with E-state index >= 15 is 0 Å². The minimum atomic E-state index is -3.57. The number of hydrogen-bond acceptors (Lipinski definition) is 7. The van der Waals surface area contributed by atoms with E-state index in [2.05, 4.69) is 16.3 Å². The Morgan fingerprint density at radius 2 is 1.86 bits per heavy atom. The minimum absolute atomic E-state index is 0.194. The molecule has 0 aliphatic rings. The molecule has 7 nitrogen and oxygen atoms in total. The van der Waals surface area contributed by atoms with E-state index in [1.54, 1.807) is 44.2 Å². The van der Waals surface area contributed by atoms with Gasteiger partial charge in [0.1, 0.15) is 0 Å². The van der Waals surface area contributed by atoms with Crippen LogP contribution >= 0.6 is 11.8 Å². The molecule has 0 spiro atoms. The lowest BCUT2D eigenvalue weighted by molar-refractivity contribution is 0.445. The van der Waals surface area contributed by atoms with Crippen molar-refractivity contribution in [1.82, 2.24) is 14.5 Å². The first-order chi connectivity index (χ1) is 14.0. The van der Waals surface area contributed by atoms with Crippen molar-refractivity contribution >= 4 is 21.8 Å². The highest BCUT2D eigenvalue weighted by Crippen LogP contribution is 2.28. The molecule has 0 unspecified atom stereocenters. The van der Waals surface area contributed by atoms with E-state index in [4.69, 9.17) is 9.68 Å². The average Bonchev–Trinajstić information content (AvgIpc) is 3.22. The largest absolute Gasteiger partial charge is 0.411 e. The number of hydrogen-bond donors (Lipinski definition) is 0. The Bertz CT molecular complexity index is 1130. The van der Waals surface area contributed by atoms with Crippen LogP contribution in [0.2, 0.25) is 0 Å². The van der Waals surface area contributed by atoms with Crippen LogP contribution in [0.25, 0.3) is 11.5 Å². The van der Waals surface area contributed by atoms with Gasteiger partial charge in [-0.05, 0) is 35.9 Å². The van der Waals surface area contributed by atoms with Gasteiger partial charge in [-0.1, -0.05) is 43.8 Å². The monoisotopic (exact) mass is 428 g/mol. The Morgan fingerprint density at radius 3 is 2.59 bits per heavy atom. The summed E-state index contributed by atoms with van der Waals surface area (Å²) in [6.07, 6.45) is 0. The van der Waals surface area contributed by atoms with Gasteiger partial charge >= 0.3 is 0 Å². The van der Waals surface area contributed by atoms with E-state index in [0.29, 0.717) is 35.2 Å². The van der Waals surface area contributed by atoms with Crippen LogP contribution in [0.1, 0.15) is 25.0 Å². The summed E-state index contributed by atoms with van der Waals surface area (Å²) in [5.74, 6) is 0.836. The number of aromatic nitrogens is 2. The van der Waals surface area contributed by atoms with Crippen LogP contribution in [-0.4, -0.2) is 36.0 Å². The molecule has 0 fully saturated rings. The lowest BCUT2D eigenvalue weighted by Gasteiger charge is -2.18. The molecular formula is C20H20N4O3S2. The zero-order chi connectivity index (χ0) is 20.9. The lowest BCUT2D eigenvalue weighted by atomic mass is 10.2. The molecule has 0 atom stereocenters. The van der Waals surface area contributed by atoms with Crippen LogP contribution in [0.4, 0.5) is 0 Å². The highest BCUT2D eigenvalue weighted by atomic mass is 32.2. The molecule has 9 heteroatoms. The highest BCUT2D eigenvalue weighted by Gasteiger charge is 2.22. The third-order valence-electron chi connectivity index (χ3n) is 4.25. The van der Waals surface area contributed by atoms with Crippen molar-refractivity contribution < 1.29 is 12.8 Å². The summed E-state index contributed by atoms with van der Waals surface area (Å²) in [6, 6.07) is 15.9. The van der Waals surface area contributed by atoms with Gasteiger partial charge in [-0.15, -0.1) is 10.2 Å². The van der Waals surface area contributed by atoms with Crippen LogP contribution in [0.5, 0.6) is 0 Å². The fourth-order valence-corrected chi connectivity index (χ4v) is 4.97. The summed E-state index contributed by atoms with van der Waals surface area (Å²) < 4.78 is 32.5. The van der Waals surface area contributed by atoms with Gasteiger partial charge in [-0.25, -0.2) is 8.42 Å². The summed E-state index contributed by atoms with van der Waals surface area (Å²) in [6.45, 7) is 4.41. The molecule has 0 aliphatic heterocycles. The number of rotatable bonds is 8. The maximum atomic E-state index is 12.7. The molecule has 3 rings (SSSR count). The van der Waals surface area contributed by atoms with Crippen LogP contribution in [-0.2, 0) is 15.8 Å². The number of nitriles is 1. The first-order valence-corrected chi connectivity index (χ1v) is 11.5. The minimum Gasteiger partial charge on any atom is -0.411 e. The summed E-state index contributed by atoms with van der Waals surface area (Å²) >= 11 is 1.35. The fourth-order valence-electron chi connectivity index (χ4n) is 2.76. The third kappa shape index (κ3) is 4.85. The second-order valence-corrected chi connectivity index (χ2v) is 8.96. The standard InChI is InChI=1S/C20H20N4O3S2/c1-3-24(4-2)29(25,26)18-10-6-9-17(12-18)19-22-23-20(27-19)28-14-16-8-5-7-15(11-16)13-21/h5-12H,3-4,14H2,1-2H3. The zero-order valence-corrected chi connectivity index (χ0v) is 17.7. The van der Waals surface area contributed by atoms with Gasteiger partial charge in [0.25, 0.3) is 5.22 Å². The predicted molar refractivity (Wildman–Crippen MR) is 111 cm³/mol. The fraction of sp³-hybridized carbons (Fsp3) is 0.250. The molecule has 3 aromatic rings. The number of nitrogens with zero attached hydrogens (tertiary/aromatic N) is 4. The first-order valence-electron chi connectivity index (χ1n) is 9.03. The topological polar surface area (TPSA) is 100 Å². The summed E-state index contributed by atoms with van der Waals surface area (Å²) in [7, 11) is -3.57. The summed E-state index contributed by atoms with van der Waals surface area (Å²) in [4.78, 5) is 0.194. The third-order valence-corrected chi connectivity index (χ3v) is 7.18. The maximum Gasteiger partial charge on any atom is 0.277 e. The Kier molecular flexibility index (Phi) is 6.69. The van der Waals surface area contributed by atoms with Gasteiger partial charge < -0.3 is 4.42 Å². The molecule has 0 aliphatic carbocycles. The van der Waals surface area contributed by atoms with Crippen molar-refractivity contribution in [1.29, 1.82) is 5.26 Å². The highest BCUT2D eigenvalue weighted by molar-refractivity contribution is 7.98. The molecule has 0 radical (unpaired) electrons. The molecule has 2 aromatic carbocycles. The smallest absolute Gasteiger partial charge is 0.277 e. The lowest BCUT2D eigenvalue weighted by Crippen LogP contribution is -2.30. The van der Waals surface area contributed by atoms with E-state index < -0.39 is 10.0 Å². The summed E-state index contributed by atoms with van der Waals surface area (Å²) in [5.41, 5.74) is 2.12. The molecule has 0 amide bonds. The number of thioether (sulfide) groups is 1. The van der Waals surface area contributed by atoms with Crippen molar-refractivity contribution in [3.63, 3.8) is 0 Å². The van der Waals surface area contributed by atoms with E-state index in [1.165, 1.54) is 16.1 Å². The first kappa shape index (κ1) is 21.0. The van der Waals surface area contributed by atoms with Gasteiger partial charge in [-0.2, -0.15) is 9.57 Å². The molecule has 0 bridgehead atoms. The van der Waals surface area contributed by atoms with Gasteiger partial charge in [-0.3, -0.25) is 0 Å². The number of benzene rings is 2. The normalized spacial score (nSPS) is 11.5. The molecule has 0 saturated heterocycles. The van der Waals surface area contributed by atoms with Crippen molar-refractivity contribution in [2.75, 3.05) is 13.1 Å². The van der Waals surface area contributed by atoms with Crippen LogP contribution in [0, 0.1) is 11.3 Å².